The van der Waals surface area contributed by atoms with Crippen LogP contribution in [-0.4, -0.2) is 18.5 Å². The molecule has 0 fully saturated rings. The molecule has 0 heterocycles. The molecule has 1 unspecified atom stereocenters. The first kappa shape index (κ1) is 14.0. The van der Waals surface area contributed by atoms with Crippen molar-refractivity contribution in [2.75, 3.05) is 6.61 Å². The molecule has 0 aliphatic rings. The van der Waals surface area contributed by atoms with Gasteiger partial charge in [-0.3, -0.25) is 4.79 Å². The van der Waals surface area contributed by atoms with Crippen LogP contribution >= 0.6 is 0 Å². The van der Waals surface area contributed by atoms with Crippen LogP contribution in [0.4, 0.5) is 0 Å². The lowest BCUT2D eigenvalue weighted by Crippen LogP contribution is -2.24. The van der Waals surface area contributed by atoms with Crippen molar-refractivity contribution >= 4 is 11.9 Å². The van der Waals surface area contributed by atoms with E-state index in [-0.39, 0.29) is 6.61 Å². The van der Waals surface area contributed by atoms with E-state index in [1.807, 2.05) is 6.07 Å². The molecule has 0 amide bonds. The van der Waals surface area contributed by atoms with Gasteiger partial charge in [-0.25, -0.2) is 4.79 Å². The summed E-state index contributed by atoms with van der Waals surface area (Å²) in [5.74, 6) is -0.987. The van der Waals surface area contributed by atoms with Gasteiger partial charge in [0.15, 0.2) is 0 Å². The van der Waals surface area contributed by atoms with Crippen molar-refractivity contribution in [3.63, 3.8) is 0 Å². The first-order chi connectivity index (χ1) is 8.50. The van der Waals surface area contributed by atoms with E-state index in [0.717, 1.165) is 0 Å². The van der Waals surface area contributed by atoms with Crippen molar-refractivity contribution in [2.24, 2.45) is 5.92 Å². The van der Waals surface area contributed by atoms with E-state index in [9.17, 15) is 9.59 Å². The van der Waals surface area contributed by atoms with Crippen LogP contribution in [-0.2, 0) is 14.3 Å². The Hall–Kier alpha value is -2.10. The minimum atomic E-state index is -0.520. The van der Waals surface area contributed by atoms with E-state index in [2.05, 4.69) is 6.58 Å². The van der Waals surface area contributed by atoms with Gasteiger partial charge in [-0.05, 0) is 26.0 Å². The molecule has 0 saturated carbocycles. The minimum absolute atomic E-state index is 0.0165. The summed E-state index contributed by atoms with van der Waals surface area (Å²) in [7, 11) is 0. The van der Waals surface area contributed by atoms with E-state index >= 15 is 0 Å². The summed E-state index contributed by atoms with van der Waals surface area (Å²) >= 11 is 0. The zero-order valence-corrected chi connectivity index (χ0v) is 10.5. The highest BCUT2D eigenvalue weighted by molar-refractivity contribution is 5.87. The lowest BCUT2D eigenvalue weighted by molar-refractivity contribution is -0.146. The van der Waals surface area contributed by atoms with Crippen LogP contribution in [0.25, 0.3) is 0 Å². The quantitative estimate of drug-likeness (QED) is 0.456. The molecule has 0 aliphatic heterocycles. The van der Waals surface area contributed by atoms with Crippen molar-refractivity contribution in [1.29, 1.82) is 0 Å². The second kappa shape index (κ2) is 6.59. The number of hydrogen-bond donors (Lipinski definition) is 0. The highest BCUT2D eigenvalue weighted by Crippen LogP contribution is 2.11. The Morgan fingerprint density at radius 3 is 2.44 bits per heavy atom. The number of carbonyl (C=O) groups excluding carboxylic acids is 2. The second-order valence-electron chi connectivity index (χ2n) is 4.01. The molecule has 1 aromatic rings. The van der Waals surface area contributed by atoms with Crippen LogP contribution in [0.5, 0.6) is 5.75 Å². The summed E-state index contributed by atoms with van der Waals surface area (Å²) in [6.07, 6.45) is 0. The van der Waals surface area contributed by atoms with Gasteiger partial charge in [0, 0.05) is 5.57 Å². The first-order valence-corrected chi connectivity index (χ1v) is 5.60. The average molecular weight is 248 g/mol. The summed E-state index contributed by atoms with van der Waals surface area (Å²) in [5, 5.41) is 0. The molecule has 0 radical (unpaired) electrons. The molecule has 18 heavy (non-hydrogen) atoms. The standard InChI is InChI=1S/C14H16O4/c1-10(2)13(15)17-9-11(3)14(16)18-12-7-5-4-6-8-12/h4-8,11H,1,9H2,2-3H3. The van der Waals surface area contributed by atoms with Crippen LogP contribution in [0.15, 0.2) is 42.5 Å². The summed E-state index contributed by atoms with van der Waals surface area (Å²) < 4.78 is 10.0. The number of hydrogen-bond acceptors (Lipinski definition) is 4. The monoisotopic (exact) mass is 248 g/mol. The highest BCUT2D eigenvalue weighted by Gasteiger charge is 2.17. The Bertz CT molecular complexity index is 436. The Morgan fingerprint density at radius 2 is 1.89 bits per heavy atom. The molecule has 0 saturated heterocycles. The van der Waals surface area contributed by atoms with Crippen LogP contribution in [0, 0.1) is 5.92 Å². The number of rotatable bonds is 5. The van der Waals surface area contributed by atoms with E-state index in [1.165, 1.54) is 0 Å². The van der Waals surface area contributed by atoms with Crippen LogP contribution < -0.4 is 4.74 Å². The largest absolute Gasteiger partial charge is 0.461 e. The third-order valence-electron chi connectivity index (χ3n) is 2.18. The van der Waals surface area contributed by atoms with E-state index in [0.29, 0.717) is 11.3 Å². The van der Waals surface area contributed by atoms with Crippen molar-refractivity contribution < 1.29 is 19.1 Å². The third-order valence-corrected chi connectivity index (χ3v) is 2.18. The molecule has 0 aliphatic carbocycles. The smallest absolute Gasteiger partial charge is 0.333 e. The molecule has 0 bridgehead atoms. The van der Waals surface area contributed by atoms with Crippen LogP contribution in [0.2, 0.25) is 0 Å². The van der Waals surface area contributed by atoms with Gasteiger partial charge in [0.2, 0.25) is 0 Å². The normalized spacial score (nSPS) is 11.4. The maximum absolute atomic E-state index is 11.7. The van der Waals surface area contributed by atoms with Crippen molar-refractivity contribution in [3.8, 4) is 5.75 Å². The number of benzene rings is 1. The predicted octanol–water partition coefficient (Wildman–Crippen LogP) is 2.35. The molecule has 0 spiro atoms. The van der Waals surface area contributed by atoms with Crippen molar-refractivity contribution in [1.82, 2.24) is 0 Å². The fourth-order valence-electron chi connectivity index (χ4n) is 1.10. The lowest BCUT2D eigenvalue weighted by atomic mass is 10.2. The average Bonchev–Trinajstić information content (AvgIpc) is 2.36. The Kier molecular flexibility index (Phi) is 5.11. The summed E-state index contributed by atoms with van der Waals surface area (Å²) in [6, 6.07) is 8.74. The van der Waals surface area contributed by atoms with E-state index < -0.39 is 17.9 Å². The van der Waals surface area contributed by atoms with Crippen LogP contribution in [0.1, 0.15) is 13.8 Å². The molecule has 1 atom stereocenters. The number of esters is 2. The summed E-state index contributed by atoms with van der Waals surface area (Å²) in [4.78, 5) is 22.8. The SMILES string of the molecule is C=C(C)C(=O)OCC(C)C(=O)Oc1ccccc1. The van der Waals surface area contributed by atoms with Crippen molar-refractivity contribution in [2.45, 2.75) is 13.8 Å². The van der Waals surface area contributed by atoms with Crippen LogP contribution in [0.3, 0.4) is 0 Å². The zero-order chi connectivity index (χ0) is 13.5. The molecule has 1 rings (SSSR count). The van der Waals surface area contributed by atoms with Gasteiger partial charge in [-0.2, -0.15) is 0 Å². The van der Waals surface area contributed by atoms with Gasteiger partial charge < -0.3 is 9.47 Å². The Balaban J connectivity index is 2.42. The van der Waals surface area contributed by atoms with Gasteiger partial charge in [0.05, 0.1) is 5.92 Å². The number of carbonyl (C=O) groups is 2. The molecule has 1 aromatic carbocycles. The molecule has 0 aromatic heterocycles. The predicted molar refractivity (Wildman–Crippen MR) is 67.0 cm³/mol. The fraction of sp³-hybridized carbons (Fsp3) is 0.286. The number of ether oxygens (including phenoxy) is 2. The lowest BCUT2D eigenvalue weighted by Gasteiger charge is -2.11. The fourth-order valence-corrected chi connectivity index (χ4v) is 1.10. The Morgan fingerprint density at radius 1 is 1.28 bits per heavy atom. The minimum Gasteiger partial charge on any atom is -0.461 e. The Labute approximate surface area is 106 Å². The molecule has 4 nitrogen and oxygen atoms in total. The number of para-hydroxylation sites is 1. The highest BCUT2D eigenvalue weighted by atomic mass is 16.6. The zero-order valence-electron chi connectivity index (χ0n) is 10.5. The molecule has 0 N–H and O–H groups in total. The second-order valence-corrected chi connectivity index (χ2v) is 4.01. The van der Waals surface area contributed by atoms with Gasteiger partial charge in [-0.15, -0.1) is 0 Å². The van der Waals surface area contributed by atoms with Gasteiger partial charge >= 0.3 is 11.9 Å². The maximum Gasteiger partial charge on any atom is 0.333 e. The molecule has 96 valence electrons. The van der Waals surface area contributed by atoms with Gasteiger partial charge in [0.25, 0.3) is 0 Å². The first-order valence-electron chi connectivity index (χ1n) is 5.60. The van der Waals surface area contributed by atoms with E-state index in [1.54, 1.807) is 38.1 Å². The summed E-state index contributed by atoms with van der Waals surface area (Å²) in [5.41, 5.74) is 0.304. The topological polar surface area (TPSA) is 52.6 Å². The van der Waals surface area contributed by atoms with Crippen molar-refractivity contribution in [3.05, 3.63) is 42.5 Å². The van der Waals surface area contributed by atoms with Gasteiger partial charge in [-0.1, -0.05) is 24.8 Å². The molecule has 4 heteroatoms. The molecular weight excluding hydrogens is 232 g/mol. The molecular formula is C14H16O4. The summed E-state index contributed by atoms with van der Waals surface area (Å²) in [6.45, 7) is 6.63. The maximum atomic E-state index is 11.7. The van der Waals surface area contributed by atoms with E-state index in [4.69, 9.17) is 9.47 Å². The third kappa shape index (κ3) is 4.41. The van der Waals surface area contributed by atoms with Gasteiger partial charge in [0.1, 0.15) is 12.4 Å².